The molecule has 0 aromatic heterocycles. The van der Waals surface area contributed by atoms with Gasteiger partial charge in [-0.05, 0) is 49.8 Å². The number of hydrogen-bond donors (Lipinski definition) is 1. The summed E-state index contributed by atoms with van der Waals surface area (Å²) in [5, 5.41) is 0. The molecule has 0 spiro atoms. The number of rotatable bonds is 5. The first kappa shape index (κ1) is 14.4. The second-order valence-electron chi connectivity index (χ2n) is 6.44. The Morgan fingerprint density at radius 2 is 1.95 bits per heavy atom. The molecule has 3 heteroatoms. The molecule has 3 rings (SSSR count). The normalized spacial score (nSPS) is 21.7. The van der Waals surface area contributed by atoms with Crippen molar-refractivity contribution in [1.29, 1.82) is 0 Å². The van der Waals surface area contributed by atoms with E-state index in [2.05, 4.69) is 34.1 Å². The van der Waals surface area contributed by atoms with E-state index < -0.39 is 0 Å². The largest absolute Gasteiger partial charge is 0.493 e. The van der Waals surface area contributed by atoms with Gasteiger partial charge in [0.15, 0.2) is 0 Å². The van der Waals surface area contributed by atoms with Gasteiger partial charge in [-0.25, -0.2) is 0 Å². The molecule has 2 fully saturated rings. The zero-order valence-corrected chi connectivity index (χ0v) is 13.6. The Hall–Kier alpha value is -0.540. The first-order valence-corrected chi connectivity index (χ1v) is 8.66. The van der Waals surface area contributed by atoms with Gasteiger partial charge in [-0.15, -0.1) is 0 Å². The van der Waals surface area contributed by atoms with Gasteiger partial charge in [-0.1, -0.05) is 35.2 Å². The summed E-state index contributed by atoms with van der Waals surface area (Å²) in [4.78, 5) is 0. The van der Waals surface area contributed by atoms with Gasteiger partial charge in [0.05, 0.1) is 6.61 Å². The van der Waals surface area contributed by atoms with Crippen molar-refractivity contribution in [2.45, 2.75) is 50.4 Å². The maximum absolute atomic E-state index is 6.16. The molecule has 2 nitrogen and oxygen atoms in total. The molecule has 0 bridgehead atoms. The minimum Gasteiger partial charge on any atom is -0.493 e. The molecule has 0 radical (unpaired) electrons. The minimum absolute atomic E-state index is 0.138. The molecule has 2 N–H and O–H groups in total. The van der Waals surface area contributed by atoms with Crippen molar-refractivity contribution in [2.75, 3.05) is 13.2 Å². The molecule has 110 valence electrons. The number of hydrogen-bond acceptors (Lipinski definition) is 2. The van der Waals surface area contributed by atoms with Gasteiger partial charge in [-0.2, -0.15) is 0 Å². The van der Waals surface area contributed by atoms with Crippen LogP contribution in [0.1, 0.15) is 50.5 Å². The summed E-state index contributed by atoms with van der Waals surface area (Å²) in [6.07, 6.45) is 8.98. The summed E-state index contributed by atoms with van der Waals surface area (Å²) in [5.74, 6) is 1.83. The fraction of sp³-hybridized carbons (Fsp3) is 0.647. The van der Waals surface area contributed by atoms with E-state index in [1.54, 1.807) is 0 Å². The molecular formula is C17H24BrNO. The highest BCUT2D eigenvalue weighted by molar-refractivity contribution is 9.10. The van der Waals surface area contributed by atoms with Gasteiger partial charge >= 0.3 is 0 Å². The first-order chi connectivity index (χ1) is 9.73. The Morgan fingerprint density at radius 3 is 2.55 bits per heavy atom. The fourth-order valence-corrected chi connectivity index (χ4v) is 3.91. The van der Waals surface area contributed by atoms with Crippen molar-refractivity contribution < 1.29 is 4.74 Å². The Morgan fingerprint density at radius 1 is 1.20 bits per heavy atom. The lowest BCUT2D eigenvalue weighted by molar-refractivity contribution is 0.177. The van der Waals surface area contributed by atoms with E-state index in [0.717, 1.165) is 29.3 Å². The molecular weight excluding hydrogens is 314 g/mol. The highest BCUT2D eigenvalue weighted by atomic mass is 79.9. The molecule has 2 aliphatic carbocycles. The van der Waals surface area contributed by atoms with E-state index in [1.165, 1.54) is 50.5 Å². The quantitative estimate of drug-likeness (QED) is 0.864. The predicted octanol–water partition coefficient (Wildman–Crippen LogP) is 4.40. The number of halogens is 1. The highest BCUT2D eigenvalue weighted by Gasteiger charge is 2.37. The van der Waals surface area contributed by atoms with Crippen LogP contribution in [0.5, 0.6) is 5.75 Å². The summed E-state index contributed by atoms with van der Waals surface area (Å²) in [6, 6.07) is 6.43. The zero-order chi connectivity index (χ0) is 14.0. The van der Waals surface area contributed by atoms with Gasteiger partial charge in [-0.3, -0.25) is 0 Å². The standard InChI is InChI=1S/C17H24BrNO/c18-14-6-7-16(20-11-13-4-3-5-13)15(10-14)17(12-19)8-1-2-9-17/h6-7,10,13H,1-5,8-9,11-12,19H2. The Bertz CT molecular complexity index is 464. The van der Waals surface area contributed by atoms with Gasteiger partial charge in [0, 0.05) is 22.0 Å². The second kappa shape index (κ2) is 6.07. The summed E-state index contributed by atoms with van der Waals surface area (Å²) < 4.78 is 7.29. The lowest BCUT2D eigenvalue weighted by atomic mass is 9.78. The summed E-state index contributed by atoms with van der Waals surface area (Å²) in [7, 11) is 0. The molecule has 0 heterocycles. The van der Waals surface area contributed by atoms with Crippen LogP contribution in [-0.2, 0) is 5.41 Å². The molecule has 1 aromatic carbocycles. The third kappa shape index (κ3) is 2.75. The summed E-state index contributed by atoms with van der Waals surface area (Å²) in [5.41, 5.74) is 7.61. The third-order valence-corrected chi connectivity index (χ3v) is 5.66. The fourth-order valence-electron chi connectivity index (χ4n) is 3.54. The Labute approximate surface area is 130 Å². The molecule has 0 atom stereocenters. The molecule has 2 saturated carbocycles. The molecule has 0 unspecified atom stereocenters. The summed E-state index contributed by atoms with van der Waals surface area (Å²) in [6.45, 7) is 1.60. The van der Waals surface area contributed by atoms with Gasteiger partial charge in [0.25, 0.3) is 0 Å². The molecule has 1 aromatic rings. The topological polar surface area (TPSA) is 35.2 Å². The van der Waals surface area contributed by atoms with Crippen LogP contribution in [0.15, 0.2) is 22.7 Å². The summed E-state index contributed by atoms with van der Waals surface area (Å²) >= 11 is 3.61. The van der Waals surface area contributed by atoms with Gasteiger partial charge < -0.3 is 10.5 Å². The number of nitrogens with two attached hydrogens (primary N) is 1. The average Bonchev–Trinajstić information content (AvgIpc) is 2.88. The first-order valence-electron chi connectivity index (χ1n) is 7.86. The van der Waals surface area contributed by atoms with Crippen LogP contribution in [0.2, 0.25) is 0 Å². The SMILES string of the molecule is NCC1(c2cc(Br)ccc2OCC2CCC2)CCCC1. The van der Waals surface area contributed by atoms with E-state index in [4.69, 9.17) is 10.5 Å². The van der Waals surface area contributed by atoms with Crippen LogP contribution >= 0.6 is 15.9 Å². The Kier molecular flexibility index (Phi) is 4.37. The van der Waals surface area contributed by atoms with Gasteiger partial charge in [0.2, 0.25) is 0 Å². The molecule has 0 saturated heterocycles. The van der Waals surface area contributed by atoms with E-state index in [-0.39, 0.29) is 5.41 Å². The van der Waals surface area contributed by atoms with Crippen LogP contribution in [0.25, 0.3) is 0 Å². The van der Waals surface area contributed by atoms with Crippen LogP contribution in [0.3, 0.4) is 0 Å². The average molecular weight is 338 g/mol. The van der Waals surface area contributed by atoms with Crippen LogP contribution in [0.4, 0.5) is 0 Å². The monoisotopic (exact) mass is 337 g/mol. The molecule has 20 heavy (non-hydrogen) atoms. The Balaban J connectivity index is 1.84. The van der Waals surface area contributed by atoms with Gasteiger partial charge in [0.1, 0.15) is 5.75 Å². The highest BCUT2D eigenvalue weighted by Crippen LogP contribution is 2.45. The smallest absolute Gasteiger partial charge is 0.123 e. The van der Waals surface area contributed by atoms with E-state index in [9.17, 15) is 0 Å². The van der Waals surface area contributed by atoms with Crippen molar-refractivity contribution >= 4 is 15.9 Å². The minimum atomic E-state index is 0.138. The van der Waals surface area contributed by atoms with Crippen molar-refractivity contribution in [2.24, 2.45) is 11.7 Å². The predicted molar refractivity (Wildman–Crippen MR) is 86.2 cm³/mol. The van der Waals surface area contributed by atoms with E-state index in [0.29, 0.717) is 0 Å². The lowest BCUT2D eigenvalue weighted by Crippen LogP contribution is -2.33. The maximum atomic E-state index is 6.16. The zero-order valence-electron chi connectivity index (χ0n) is 12.0. The third-order valence-electron chi connectivity index (χ3n) is 5.16. The van der Waals surface area contributed by atoms with Crippen molar-refractivity contribution in [3.8, 4) is 5.75 Å². The number of ether oxygens (including phenoxy) is 1. The van der Waals surface area contributed by atoms with Crippen molar-refractivity contribution in [3.63, 3.8) is 0 Å². The maximum Gasteiger partial charge on any atom is 0.123 e. The lowest BCUT2D eigenvalue weighted by Gasteiger charge is -2.31. The second-order valence-corrected chi connectivity index (χ2v) is 7.36. The van der Waals surface area contributed by atoms with Crippen molar-refractivity contribution in [3.05, 3.63) is 28.2 Å². The van der Waals surface area contributed by atoms with E-state index >= 15 is 0 Å². The molecule has 2 aliphatic rings. The number of benzene rings is 1. The molecule has 0 aliphatic heterocycles. The molecule has 0 amide bonds. The van der Waals surface area contributed by atoms with Crippen LogP contribution in [-0.4, -0.2) is 13.2 Å². The van der Waals surface area contributed by atoms with E-state index in [1.807, 2.05) is 0 Å². The van der Waals surface area contributed by atoms with Crippen LogP contribution in [0, 0.1) is 5.92 Å². The van der Waals surface area contributed by atoms with Crippen molar-refractivity contribution in [1.82, 2.24) is 0 Å². The van der Waals surface area contributed by atoms with Crippen LogP contribution < -0.4 is 10.5 Å².